The Kier molecular flexibility index (Phi) is 4.27. The first kappa shape index (κ1) is 19.0. The van der Waals surface area contributed by atoms with Crippen LogP contribution in [0.15, 0.2) is 36.4 Å². The molecule has 3 aliphatic rings. The lowest BCUT2D eigenvalue weighted by atomic mass is 9.64. The van der Waals surface area contributed by atoms with Crippen LogP contribution in [0.2, 0.25) is 5.82 Å². The van der Waals surface area contributed by atoms with Crippen LogP contribution in [0, 0.1) is 0 Å². The molecular formula is C24H31BN2O2. The lowest BCUT2D eigenvalue weighted by Crippen LogP contribution is -2.41. The molecule has 1 aromatic carbocycles. The van der Waals surface area contributed by atoms with Gasteiger partial charge in [0.25, 0.3) is 0 Å². The number of para-hydroxylation sites is 1. The largest absolute Gasteiger partial charge is 0.461 e. The van der Waals surface area contributed by atoms with Crippen molar-refractivity contribution in [1.82, 2.24) is 4.57 Å². The highest BCUT2D eigenvalue weighted by Crippen LogP contribution is 2.47. The number of hydrogen-bond acceptors (Lipinski definition) is 3. The van der Waals surface area contributed by atoms with Gasteiger partial charge in [0.1, 0.15) is 0 Å². The molecule has 29 heavy (non-hydrogen) atoms. The fraction of sp³-hybridized carbons (Fsp3) is 0.500. The zero-order valence-electron chi connectivity index (χ0n) is 18.2. The molecular weight excluding hydrogens is 359 g/mol. The topological polar surface area (TPSA) is 35.4 Å². The Hall–Kier alpha value is -1.98. The highest BCUT2D eigenvalue weighted by Gasteiger charge is 2.54. The van der Waals surface area contributed by atoms with Crippen molar-refractivity contribution < 1.29 is 9.31 Å². The van der Waals surface area contributed by atoms with Gasteiger partial charge in [-0.3, -0.25) is 0 Å². The van der Waals surface area contributed by atoms with Crippen LogP contribution < -0.4 is 5.32 Å². The summed E-state index contributed by atoms with van der Waals surface area (Å²) in [5, 5.41) is 3.73. The van der Waals surface area contributed by atoms with Gasteiger partial charge in [-0.1, -0.05) is 24.3 Å². The third kappa shape index (κ3) is 2.98. The third-order valence-corrected chi connectivity index (χ3v) is 7.22. The Labute approximate surface area is 174 Å². The summed E-state index contributed by atoms with van der Waals surface area (Å²) in [6.07, 6.45) is 7.64. The minimum absolute atomic E-state index is 0.138. The van der Waals surface area contributed by atoms with Gasteiger partial charge in [-0.25, -0.2) is 0 Å². The standard InChI is InChI=1S/C24H31BN2O2/c1-16-11-13-21-22(26-16)19-15-17(25-28-23(2,3)24(4,5)29-25)12-14-20(19)27(21)18-9-7-6-8-10-18/h6-11,13,16-17,26H,12,14-15H2,1-5H3. The van der Waals surface area contributed by atoms with E-state index in [0.29, 0.717) is 11.9 Å². The summed E-state index contributed by atoms with van der Waals surface area (Å²) in [5.74, 6) is 0.377. The highest BCUT2D eigenvalue weighted by atomic mass is 16.7. The Bertz CT molecular complexity index is 945. The number of benzene rings is 1. The molecule has 152 valence electrons. The monoisotopic (exact) mass is 390 g/mol. The first-order valence-corrected chi connectivity index (χ1v) is 10.9. The molecule has 0 radical (unpaired) electrons. The van der Waals surface area contributed by atoms with E-state index in [4.69, 9.17) is 9.31 Å². The molecule has 2 atom stereocenters. The van der Waals surface area contributed by atoms with Gasteiger partial charge in [0.15, 0.2) is 0 Å². The quantitative estimate of drug-likeness (QED) is 0.711. The molecule has 1 aromatic heterocycles. The smallest absolute Gasteiger partial charge is 0.403 e. The Morgan fingerprint density at radius 2 is 1.76 bits per heavy atom. The van der Waals surface area contributed by atoms with Crippen molar-refractivity contribution in [2.45, 2.75) is 76.9 Å². The number of hydrogen-bond donors (Lipinski definition) is 1. The summed E-state index contributed by atoms with van der Waals surface area (Å²) in [6.45, 7) is 10.8. The van der Waals surface area contributed by atoms with Crippen molar-refractivity contribution in [3.8, 4) is 5.69 Å². The predicted molar refractivity (Wildman–Crippen MR) is 120 cm³/mol. The van der Waals surface area contributed by atoms with E-state index in [0.717, 1.165) is 19.3 Å². The molecule has 2 unspecified atom stereocenters. The van der Waals surface area contributed by atoms with Crippen molar-refractivity contribution >= 4 is 18.9 Å². The second-order valence-corrected chi connectivity index (χ2v) is 9.78. The van der Waals surface area contributed by atoms with Gasteiger partial charge in [-0.15, -0.1) is 0 Å². The zero-order valence-corrected chi connectivity index (χ0v) is 18.2. The minimum atomic E-state index is -0.275. The molecule has 1 saturated heterocycles. The summed E-state index contributed by atoms with van der Waals surface area (Å²) >= 11 is 0. The molecule has 0 saturated carbocycles. The lowest BCUT2D eigenvalue weighted by Gasteiger charge is -2.32. The molecule has 0 spiro atoms. The van der Waals surface area contributed by atoms with Gasteiger partial charge in [0, 0.05) is 17.4 Å². The Morgan fingerprint density at radius 1 is 1.07 bits per heavy atom. The second-order valence-electron chi connectivity index (χ2n) is 9.78. The van der Waals surface area contributed by atoms with E-state index in [2.05, 4.69) is 87.0 Å². The van der Waals surface area contributed by atoms with E-state index in [1.807, 2.05) is 0 Å². The second kappa shape index (κ2) is 6.51. The fourth-order valence-electron chi connectivity index (χ4n) is 4.88. The lowest BCUT2D eigenvalue weighted by molar-refractivity contribution is 0.00578. The molecule has 1 N–H and O–H groups in total. The maximum absolute atomic E-state index is 6.41. The number of aromatic nitrogens is 1. The minimum Gasteiger partial charge on any atom is -0.403 e. The van der Waals surface area contributed by atoms with E-state index < -0.39 is 0 Å². The normalized spacial score (nSPS) is 26.7. The van der Waals surface area contributed by atoms with Gasteiger partial charge in [0.2, 0.25) is 0 Å². The van der Waals surface area contributed by atoms with Crippen LogP contribution in [0.25, 0.3) is 11.8 Å². The molecule has 5 heteroatoms. The van der Waals surface area contributed by atoms with Crippen LogP contribution in [-0.2, 0) is 22.2 Å². The number of nitrogens with one attached hydrogen (secondary N) is 1. The molecule has 0 bridgehead atoms. The molecule has 1 fully saturated rings. The summed E-state index contributed by atoms with van der Waals surface area (Å²) in [6, 6.07) is 11.1. The van der Waals surface area contributed by atoms with Crippen molar-refractivity contribution in [2.75, 3.05) is 5.32 Å². The van der Waals surface area contributed by atoms with Gasteiger partial charge < -0.3 is 19.2 Å². The van der Waals surface area contributed by atoms with Crippen LogP contribution in [0.1, 0.15) is 58.0 Å². The van der Waals surface area contributed by atoms with E-state index in [9.17, 15) is 0 Å². The van der Waals surface area contributed by atoms with Crippen molar-refractivity contribution in [1.29, 1.82) is 0 Å². The van der Waals surface area contributed by atoms with Gasteiger partial charge in [0.05, 0.1) is 22.6 Å². The van der Waals surface area contributed by atoms with Gasteiger partial charge in [-0.05, 0) is 83.5 Å². The highest BCUT2D eigenvalue weighted by molar-refractivity contribution is 6.47. The predicted octanol–water partition coefficient (Wildman–Crippen LogP) is 5.26. The van der Waals surface area contributed by atoms with E-state index >= 15 is 0 Å². The van der Waals surface area contributed by atoms with Crippen LogP contribution >= 0.6 is 0 Å². The van der Waals surface area contributed by atoms with Crippen LogP contribution in [0.4, 0.5) is 5.69 Å². The third-order valence-electron chi connectivity index (χ3n) is 7.22. The molecule has 1 aliphatic carbocycles. The molecule has 5 rings (SSSR count). The molecule has 0 amide bonds. The van der Waals surface area contributed by atoms with Crippen molar-refractivity contribution in [2.24, 2.45) is 0 Å². The molecule has 4 nitrogen and oxygen atoms in total. The SMILES string of the molecule is CC1C=Cc2c(c3c(n2-c2ccccc2)CCC(B2OC(C)(C)C(C)(C)O2)C3)N1. The molecule has 2 aromatic rings. The summed E-state index contributed by atoms with van der Waals surface area (Å²) in [4.78, 5) is 0. The molecule has 2 aliphatic heterocycles. The summed E-state index contributed by atoms with van der Waals surface area (Å²) in [5.41, 5.74) is 6.12. The zero-order chi connectivity index (χ0) is 20.4. The van der Waals surface area contributed by atoms with Crippen LogP contribution in [-0.4, -0.2) is 28.9 Å². The van der Waals surface area contributed by atoms with E-state index in [1.165, 1.54) is 28.3 Å². The summed E-state index contributed by atoms with van der Waals surface area (Å²) in [7, 11) is -0.138. The first-order chi connectivity index (χ1) is 13.8. The average Bonchev–Trinajstić information content (AvgIpc) is 3.12. The Morgan fingerprint density at radius 3 is 2.45 bits per heavy atom. The fourth-order valence-corrected chi connectivity index (χ4v) is 4.88. The number of rotatable bonds is 2. The number of fused-ring (bicyclic) bond motifs is 3. The molecule has 3 heterocycles. The van der Waals surface area contributed by atoms with Crippen LogP contribution in [0.5, 0.6) is 0 Å². The number of anilines is 1. The van der Waals surface area contributed by atoms with E-state index in [-0.39, 0.29) is 18.3 Å². The maximum atomic E-state index is 6.41. The maximum Gasteiger partial charge on any atom is 0.461 e. The van der Waals surface area contributed by atoms with Crippen molar-refractivity contribution in [3.05, 3.63) is 53.4 Å². The first-order valence-electron chi connectivity index (χ1n) is 10.9. The Balaban J connectivity index is 1.54. The summed E-state index contributed by atoms with van der Waals surface area (Å²) < 4.78 is 15.3. The van der Waals surface area contributed by atoms with Gasteiger partial charge >= 0.3 is 7.12 Å². The van der Waals surface area contributed by atoms with Gasteiger partial charge in [-0.2, -0.15) is 0 Å². The van der Waals surface area contributed by atoms with Crippen molar-refractivity contribution in [3.63, 3.8) is 0 Å². The number of nitrogens with zero attached hydrogens (tertiary/aromatic N) is 1. The van der Waals surface area contributed by atoms with Crippen LogP contribution in [0.3, 0.4) is 0 Å². The average molecular weight is 390 g/mol. The van der Waals surface area contributed by atoms with E-state index in [1.54, 1.807) is 0 Å².